The maximum Gasteiger partial charge on any atom is 0.0316 e. The van der Waals surface area contributed by atoms with Gasteiger partial charge in [-0.25, -0.2) is 0 Å². The van der Waals surface area contributed by atoms with E-state index in [1.54, 1.807) is 0 Å². The number of hydrogen-bond donors (Lipinski definition) is 2. The monoisotopic (exact) mass is 206 g/mol. The Labute approximate surface area is 92.7 Å². The maximum absolute atomic E-state index is 6.08. The smallest absolute Gasteiger partial charge is 0.0316 e. The molecule has 1 rings (SSSR count). The summed E-state index contributed by atoms with van der Waals surface area (Å²) in [5.41, 5.74) is 15.3. The minimum Gasteiger partial charge on any atom is -0.399 e. The van der Waals surface area contributed by atoms with Crippen molar-refractivity contribution in [3.05, 3.63) is 29.3 Å². The maximum atomic E-state index is 6.08. The summed E-state index contributed by atoms with van der Waals surface area (Å²) in [6, 6.07) is 6.24. The van der Waals surface area contributed by atoms with Crippen molar-refractivity contribution in [2.24, 2.45) is 5.73 Å². The fourth-order valence-corrected chi connectivity index (χ4v) is 1.79. The van der Waals surface area contributed by atoms with Crippen LogP contribution in [0.15, 0.2) is 18.2 Å². The number of nitrogens with two attached hydrogens (primary N) is 2. The highest BCUT2D eigenvalue weighted by Gasteiger charge is 2.09. The zero-order valence-corrected chi connectivity index (χ0v) is 9.79. The molecule has 0 fully saturated rings. The first-order valence-electron chi connectivity index (χ1n) is 5.82. The number of nitrogen functional groups attached to an aromatic ring is 1. The van der Waals surface area contributed by atoms with Gasteiger partial charge in [-0.05, 0) is 42.5 Å². The molecular weight excluding hydrogens is 184 g/mol. The van der Waals surface area contributed by atoms with Crippen LogP contribution in [0.3, 0.4) is 0 Å². The second kappa shape index (κ2) is 5.76. The standard InChI is InChI=1S/C13H22N2/c1-3-5-6-10-9-11(14)7-8-12(10)13(15)4-2/h7-9,13H,3-6,14-15H2,1-2H3. The zero-order chi connectivity index (χ0) is 11.3. The van der Waals surface area contributed by atoms with Crippen LogP contribution in [0.4, 0.5) is 5.69 Å². The molecule has 15 heavy (non-hydrogen) atoms. The van der Waals surface area contributed by atoms with Crippen LogP contribution in [0.5, 0.6) is 0 Å². The highest BCUT2D eigenvalue weighted by Crippen LogP contribution is 2.22. The molecule has 0 saturated heterocycles. The second-order valence-corrected chi connectivity index (χ2v) is 4.08. The van der Waals surface area contributed by atoms with Crippen molar-refractivity contribution in [2.45, 2.75) is 45.6 Å². The summed E-state index contributed by atoms with van der Waals surface area (Å²) in [5, 5.41) is 0. The van der Waals surface area contributed by atoms with Gasteiger partial charge in [0.2, 0.25) is 0 Å². The molecule has 4 N–H and O–H groups in total. The van der Waals surface area contributed by atoms with Crippen LogP contribution in [0.2, 0.25) is 0 Å². The van der Waals surface area contributed by atoms with Crippen molar-refractivity contribution in [3.8, 4) is 0 Å². The van der Waals surface area contributed by atoms with Crippen LogP contribution in [0.1, 0.15) is 50.3 Å². The third-order valence-electron chi connectivity index (χ3n) is 2.81. The van der Waals surface area contributed by atoms with Crippen LogP contribution in [-0.2, 0) is 6.42 Å². The first-order valence-corrected chi connectivity index (χ1v) is 5.82. The molecule has 2 heteroatoms. The second-order valence-electron chi connectivity index (χ2n) is 4.08. The lowest BCUT2D eigenvalue weighted by atomic mass is 9.95. The van der Waals surface area contributed by atoms with E-state index in [1.807, 2.05) is 6.07 Å². The van der Waals surface area contributed by atoms with Gasteiger partial charge in [-0.15, -0.1) is 0 Å². The van der Waals surface area contributed by atoms with E-state index in [0.717, 1.165) is 18.5 Å². The lowest BCUT2D eigenvalue weighted by Crippen LogP contribution is -2.11. The van der Waals surface area contributed by atoms with Gasteiger partial charge in [-0.2, -0.15) is 0 Å². The molecule has 0 aliphatic carbocycles. The number of hydrogen-bond acceptors (Lipinski definition) is 2. The SMILES string of the molecule is CCCCc1cc(N)ccc1C(N)CC. The van der Waals surface area contributed by atoms with Gasteiger partial charge in [-0.3, -0.25) is 0 Å². The predicted octanol–water partition coefficient (Wildman–Crippen LogP) is 3.02. The van der Waals surface area contributed by atoms with Crippen molar-refractivity contribution in [1.29, 1.82) is 0 Å². The van der Waals surface area contributed by atoms with Gasteiger partial charge in [-0.1, -0.05) is 26.3 Å². The van der Waals surface area contributed by atoms with Gasteiger partial charge in [0.25, 0.3) is 0 Å². The minimum atomic E-state index is 0.150. The molecule has 1 atom stereocenters. The molecule has 1 aromatic rings. The first kappa shape index (κ1) is 12.1. The molecule has 0 aromatic heterocycles. The van der Waals surface area contributed by atoms with Gasteiger partial charge in [0.1, 0.15) is 0 Å². The molecule has 1 unspecified atom stereocenters. The largest absolute Gasteiger partial charge is 0.399 e. The molecule has 0 aliphatic heterocycles. The fraction of sp³-hybridized carbons (Fsp3) is 0.538. The lowest BCUT2D eigenvalue weighted by molar-refractivity contribution is 0.680. The van der Waals surface area contributed by atoms with Gasteiger partial charge >= 0.3 is 0 Å². The fourth-order valence-electron chi connectivity index (χ4n) is 1.79. The summed E-state index contributed by atoms with van der Waals surface area (Å²) < 4.78 is 0. The zero-order valence-electron chi connectivity index (χ0n) is 9.79. The van der Waals surface area contributed by atoms with E-state index in [-0.39, 0.29) is 6.04 Å². The summed E-state index contributed by atoms with van der Waals surface area (Å²) in [7, 11) is 0. The topological polar surface area (TPSA) is 52.0 Å². The molecule has 0 saturated carbocycles. The minimum absolute atomic E-state index is 0.150. The molecule has 0 radical (unpaired) electrons. The van der Waals surface area contributed by atoms with E-state index >= 15 is 0 Å². The normalized spacial score (nSPS) is 12.7. The molecule has 0 spiro atoms. The number of rotatable bonds is 5. The van der Waals surface area contributed by atoms with Crippen molar-refractivity contribution < 1.29 is 0 Å². The molecule has 1 aromatic carbocycles. The third kappa shape index (κ3) is 3.24. The summed E-state index contributed by atoms with van der Waals surface area (Å²) in [6.45, 7) is 4.32. The molecule has 0 aliphatic rings. The summed E-state index contributed by atoms with van der Waals surface area (Å²) in [6.07, 6.45) is 4.47. The Morgan fingerprint density at radius 3 is 2.60 bits per heavy atom. The summed E-state index contributed by atoms with van der Waals surface area (Å²) in [4.78, 5) is 0. The van der Waals surface area contributed by atoms with Gasteiger partial charge < -0.3 is 11.5 Å². The van der Waals surface area contributed by atoms with E-state index < -0.39 is 0 Å². The van der Waals surface area contributed by atoms with Crippen molar-refractivity contribution in [2.75, 3.05) is 5.73 Å². The van der Waals surface area contributed by atoms with Gasteiger partial charge in [0, 0.05) is 11.7 Å². The quantitative estimate of drug-likeness (QED) is 0.728. The molecule has 0 amide bonds. The highest BCUT2D eigenvalue weighted by atomic mass is 14.6. The predicted molar refractivity (Wildman–Crippen MR) is 66.7 cm³/mol. The molecule has 0 heterocycles. The Morgan fingerprint density at radius 1 is 1.27 bits per heavy atom. The van der Waals surface area contributed by atoms with E-state index in [9.17, 15) is 0 Å². The van der Waals surface area contributed by atoms with Crippen LogP contribution in [0, 0.1) is 0 Å². The van der Waals surface area contributed by atoms with Gasteiger partial charge in [0.05, 0.1) is 0 Å². The molecule has 0 bridgehead atoms. The summed E-state index contributed by atoms with van der Waals surface area (Å²) in [5.74, 6) is 0. The van der Waals surface area contributed by atoms with E-state index in [1.165, 1.54) is 24.0 Å². The van der Waals surface area contributed by atoms with Crippen molar-refractivity contribution in [1.82, 2.24) is 0 Å². The Hall–Kier alpha value is -1.02. The summed E-state index contributed by atoms with van der Waals surface area (Å²) >= 11 is 0. The Morgan fingerprint density at radius 2 is 2.00 bits per heavy atom. The Balaban J connectivity index is 2.92. The lowest BCUT2D eigenvalue weighted by Gasteiger charge is -2.15. The van der Waals surface area contributed by atoms with E-state index in [4.69, 9.17) is 11.5 Å². The average Bonchev–Trinajstić information content (AvgIpc) is 2.25. The van der Waals surface area contributed by atoms with Crippen molar-refractivity contribution >= 4 is 5.69 Å². The Bertz CT molecular complexity index is 307. The molecule has 84 valence electrons. The number of unbranched alkanes of at least 4 members (excludes halogenated alkanes) is 1. The number of aryl methyl sites for hydroxylation is 1. The molecule has 2 nitrogen and oxygen atoms in total. The highest BCUT2D eigenvalue weighted by molar-refractivity contribution is 5.45. The third-order valence-corrected chi connectivity index (χ3v) is 2.81. The van der Waals surface area contributed by atoms with E-state index in [0.29, 0.717) is 0 Å². The molecular formula is C13H22N2. The Kier molecular flexibility index (Phi) is 4.63. The average molecular weight is 206 g/mol. The van der Waals surface area contributed by atoms with Gasteiger partial charge in [0.15, 0.2) is 0 Å². The van der Waals surface area contributed by atoms with Crippen LogP contribution < -0.4 is 11.5 Å². The number of anilines is 1. The van der Waals surface area contributed by atoms with E-state index in [2.05, 4.69) is 26.0 Å². The first-order chi connectivity index (χ1) is 7.19. The number of benzene rings is 1. The van der Waals surface area contributed by atoms with Crippen LogP contribution in [0.25, 0.3) is 0 Å². The van der Waals surface area contributed by atoms with Crippen LogP contribution >= 0.6 is 0 Å². The van der Waals surface area contributed by atoms with Crippen LogP contribution in [-0.4, -0.2) is 0 Å². The van der Waals surface area contributed by atoms with Crippen molar-refractivity contribution in [3.63, 3.8) is 0 Å².